The number of aromatic nitrogens is 2. The fourth-order valence-electron chi connectivity index (χ4n) is 5.78. The lowest BCUT2D eigenvalue weighted by Crippen LogP contribution is -2.57. The van der Waals surface area contributed by atoms with Gasteiger partial charge >= 0.3 is 0 Å². The average molecular weight is 484 g/mol. The van der Waals surface area contributed by atoms with Gasteiger partial charge in [-0.25, -0.2) is 4.98 Å². The van der Waals surface area contributed by atoms with Gasteiger partial charge in [0, 0.05) is 43.9 Å². The van der Waals surface area contributed by atoms with Crippen LogP contribution < -0.4 is 4.90 Å². The molecule has 2 aliphatic heterocycles. The molecule has 2 aromatic heterocycles. The molecular weight excluding hydrogens is 450 g/mol. The molecule has 36 heavy (non-hydrogen) atoms. The largest absolute Gasteiger partial charge is 0.378 e. The van der Waals surface area contributed by atoms with E-state index in [0.29, 0.717) is 36.9 Å². The first-order chi connectivity index (χ1) is 17.6. The van der Waals surface area contributed by atoms with Gasteiger partial charge < -0.3 is 14.5 Å². The quantitative estimate of drug-likeness (QED) is 0.575. The molecule has 0 unspecified atom stereocenters. The Bertz CT molecular complexity index is 1210. The Morgan fingerprint density at radius 1 is 1.22 bits per heavy atom. The number of ether oxygens (including phenoxy) is 1. The summed E-state index contributed by atoms with van der Waals surface area (Å²) in [7, 11) is 0. The second-order valence-electron chi connectivity index (χ2n) is 10.6. The molecule has 6 rings (SSSR count). The highest BCUT2D eigenvalue weighted by molar-refractivity contribution is 5.78. The summed E-state index contributed by atoms with van der Waals surface area (Å²) in [5, 5.41) is 10.1. The van der Waals surface area contributed by atoms with E-state index in [-0.39, 0.29) is 18.1 Å². The number of pyridine rings is 2. The fourth-order valence-corrected chi connectivity index (χ4v) is 5.78. The van der Waals surface area contributed by atoms with Gasteiger partial charge in [-0.05, 0) is 74.3 Å². The van der Waals surface area contributed by atoms with Crippen LogP contribution in [0.15, 0.2) is 31.0 Å². The Hall–Kier alpha value is -3.24. The van der Waals surface area contributed by atoms with Gasteiger partial charge in [-0.2, -0.15) is 5.26 Å². The highest BCUT2D eigenvalue weighted by Gasteiger charge is 2.42. The first kappa shape index (κ1) is 23.2. The molecule has 7 heteroatoms. The zero-order valence-electron chi connectivity index (χ0n) is 20.7. The van der Waals surface area contributed by atoms with Crippen molar-refractivity contribution in [1.82, 2.24) is 14.9 Å². The molecule has 0 N–H and O–H groups in total. The topological polar surface area (TPSA) is 82.4 Å². The Balaban J connectivity index is 1.29. The third-order valence-corrected chi connectivity index (χ3v) is 8.05. The van der Waals surface area contributed by atoms with E-state index in [2.05, 4.69) is 27.4 Å². The van der Waals surface area contributed by atoms with Crippen LogP contribution in [0, 0.1) is 17.2 Å². The van der Waals surface area contributed by atoms with Gasteiger partial charge in [-0.3, -0.25) is 9.78 Å². The molecule has 2 atom stereocenters. The number of hydrogen-bond acceptors (Lipinski definition) is 6. The van der Waals surface area contributed by atoms with Crippen molar-refractivity contribution in [1.29, 1.82) is 5.26 Å². The summed E-state index contributed by atoms with van der Waals surface area (Å²) in [5.74, 6) is 1.97. The molecule has 186 valence electrons. The maximum atomic E-state index is 13.2. The molecule has 4 fully saturated rings. The molecule has 7 nitrogen and oxygen atoms in total. The third-order valence-electron chi connectivity index (χ3n) is 8.05. The van der Waals surface area contributed by atoms with Crippen molar-refractivity contribution in [3.05, 3.63) is 47.9 Å². The minimum absolute atomic E-state index is 0.0747. The molecule has 2 aliphatic carbocycles. The number of nitriles is 1. The van der Waals surface area contributed by atoms with Gasteiger partial charge in [0.25, 0.3) is 0 Å². The summed E-state index contributed by atoms with van der Waals surface area (Å²) < 4.78 is 5.74. The van der Waals surface area contributed by atoms with E-state index in [4.69, 9.17) is 9.72 Å². The van der Waals surface area contributed by atoms with Crippen LogP contribution in [0.3, 0.4) is 0 Å². The number of piperazine rings is 1. The van der Waals surface area contributed by atoms with Crippen LogP contribution in [-0.2, 0) is 9.53 Å². The minimum atomic E-state index is 0.0747. The Morgan fingerprint density at radius 3 is 2.78 bits per heavy atom. The van der Waals surface area contributed by atoms with Crippen LogP contribution in [0.4, 0.5) is 5.82 Å². The smallest absolute Gasteiger partial charge is 0.225 e. The number of carbonyl (C=O) groups is 1. The zero-order chi connectivity index (χ0) is 24.6. The third kappa shape index (κ3) is 4.62. The summed E-state index contributed by atoms with van der Waals surface area (Å²) in [5.41, 5.74) is 4.53. The van der Waals surface area contributed by atoms with E-state index < -0.39 is 0 Å². The second kappa shape index (κ2) is 9.67. The molecule has 0 aromatic carbocycles. The molecule has 2 aromatic rings. The predicted molar refractivity (Wildman–Crippen MR) is 138 cm³/mol. The van der Waals surface area contributed by atoms with Crippen LogP contribution in [0.25, 0.3) is 17.2 Å². The van der Waals surface area contributed by atoms with Gasteiger partial charge in [-0.1, -0.05) is 6.58 Å². The zero-order valence-corrected chi connectivity index (χ0v) is 20.7. The lowest BCUT2D eigenvalue weighted by molar-refractivity contribution is -0.136. The molecule has 2 saturated heterocycles. The molecule has 1 amide bonds. The molecular formula is C29H33N5O2. The molecule has 2 saturated carbocycles. The summed E-state index contributed by atoms with van der Waals surface area (Å²) in [4.78, 5) is 27.1. The number of hydrogen-bond donors (Lipinski definition) is 0. The van der Waals surface area contributed by atoms with Crippen molar-refractivity contribution < 1.29 is 9.53 Å². The van der Waals surface area contributed by atoms with Crippen LogP contribution in [0.2, 0.25) is 0 Å². The molecule has 4 aliphatic rings. The molecule has 0 bridgehead atoms. The number of rotatable bonds is 7. The van der Waals surface area contributed by atoms with Gasteiger partial charge in [0.05, 0.1) is 35.5 Å². The monoisotopic (exact) mass is 483 g/mol. The van der Waals surface area contributed by atoms with E-state index in [1.807, 2.05) is 18.2 Å². The van der Waals surface area contributed by atoms with Gasteiger partial charge in [0.15, 0.2) is 0 Å². The SMILES string of the molecule is C=Cc1cc(-c2cc(C#N)c(N3CCN(C(=O)C[C@H]4CCCO4)[C@H](C4CC4)C3)nc2C2CC2)ccn1. The molecule has 4 heterocycles. The van der Waals surface area contributed by atoms with Crippen LogP contribution in [0.5, 0.6) is 0 Å². The van der Waals surface area contributed by atoms with E-state index in [1.54, 1.807) is 12.3 Å². The van der Waals surface area contributed by atoms with Gasteiger partial charge in [-0.15, -0.1) is 0 Å². The molecule has 0 radical (unpaired) electrons. The Morgan fingerprint density at radius 2 is 2.08 bits per heavy atom. The number of nitrogens with zero attached hydrogens (tertiary/aromatic N) is 5. The minimum Gasteiger partial charge on any atom is -0.378 e. The number of anilines is 1. The first-order valence-corrected chi connectivity index (χ1v) is 13.3. The maximum absolute atomic E-state index is 13.2. The second-order valence-corrected chi connectivity index (χ2v) is 10.6. The van der Waals surface area contributed by atoms with Gasteiger partial charge in [0.2, 0.25) is 5.91 Å². The highest BCUT2D eigenvalue weighted by atomic mass is 16.5. The van der Waals surface area contributed by atoms with Crippen molar-refractivity contribution in [2.24, 2.45) is 5.92 Å². The van der Waals surface area contributed by atoms with Crippen molar-refractivity contribution in [2.45, 2.75) is 63.0 Å². The Labute approximate surface area is 212 Å². The number of amides is 1. The summed E-state index contributed by atoms with van der Waals surface area (Å²) in [6.07, 6.45) is 10.7. The number of carbonyl (C=O) groups excluding carboxylic acids is 1. The average Bonchev–Trinajstić information content (AvgIpc) is 3.86. The standard InChI is InChI=1S/C29H33N5O2/c1-2-23-14-21(9-10-31-23)25-15-22(17-30)29(32-28(25)20-7-8-20)33-11-12-34(26(18-33)19-5-6-19)27(35)16-24-4-3-13-36-24/h2,9-10,14-15,19-20,24,26H,1,3-8,11-13,16,18H2/t24-,26+/m1/s1. The van der Waals surface area contributed by atoms with Crippen molar-refractivity contribution >= 4 is 17.8 Å². The van der Waals surface area contributed by atoms with Crippen molar-refractivity contribution in [3.8, 4) is 17.2 Å². The lowest BCUT2D eigenvalue weighted by Gasteiger charge is -2.43. The summed E-state index contributed by atoms with van der Waals surface area (Å²) in [6, 6.07) is 8.61. The lowest BCUT2D eigenvalue weighted by atomic mass is 9.98. The molecule has 0 spiro atoms. The van der Waals surface area contributed by atoms with E-state index in [0.717, 1.165) is 67.2 Å². The van der Waals surface area contributed by atoms with E-state index in [9.17, 15) is 10.1 Å². The van der Waals surface area contributed by atoms with Crippen LogP contribution in [-0.4, -0.2) is 59.2 Å². The van der Waals surface area contributed by atoms with Gasteiger partial charge in [0.1, 0.15) is 11.9 Å². The van der Waals surface area contributed by atoms with Crippen LogP contribution >= 0.6 is 0 Å². The first-order valence-electron chi connectivity index (χ1n) is 13.3. The van der Waals surface area contributed by atoms with Crippen molar-refractivity contribution in [2.75, 3.05) is 31.1 Å². The normalized spacial score (nSPS) is 24.0. The Kier molecular flexibility index (Phi) is 6.22. The van der Waals surface area contributed by atoms with E-state index in [1.165, 1.54) is 12.8 Å². The summed E-state index contributed by atoms with van der Waals surface area (Å²) >= 11 is 0. The summed E-state index contributed by atoms with van der Waals surface area (Å²) in [6.45, 7) is 6.73. The van der Waals surface area contributed by atoms with Crippen LogP contribution in [0.1, 0.15) is 67.8 Å². The van der Waals surface area contributed by atoms with Crippen molar-refractivity contribution in [3.63, 3.8) is 0 Å². The predicted octanol–water partition coefficient (Wildman–Crippen LogP) is 4.53. The maximum Gasteiger partial charge on any atom is 0.225 e. The van der Waals surface area contributed by atoms with E-state index >= 15 is 0 Å². The highest BCUT2D eigenvalue weighted by Crippen LogP contribution is 2.45. The fraction of sp³-hybridized carbons (Fsp3) is 0.517.